The van der Waals surface area contributed by atoms with E-state index in [9.17, 15) is 4.79 Å². The van der Waals surface area contributed by atoms with Crippen LogP contribution in [0, 0.1) is 13.8 Å². The molecule has 1 saturated heterocycles. The zero-order valence-electron chi connectivity index (χ0n) is 20.5. The highest BCUT2D eigenvalue weighted by Crippen LogP contribution is 2.28. The summed E-state index contributed by atoms with van der Waals surface area (Å²) in [5.74, 6) is 1.60. The van der Waals surface area contributed by atoms with Gasteiger partial charge in [0, 0.05) is 24.2 Å². The number of aromatic nitrogens is 5. The molecule has 0 radical (unpaired) electrons. The molecule has 0 aliphatic carbocycles. The molecule has 0 spiro atoms. The fourth-order valence-corrected chi connectivity index (χ4v) is 4.90. The Morgan fingerprint density at radius 3 is 2.83 bits per heavy atom. The number of ether oxygens (including phenoxy) is 1. The van der Waals surface area contributed by atoms with E-state index >= 15 is 0 Å². The highest BCUT2D eigenvalue weighted by molar-refractivity contribution is 5.80. The van der Waals surface area contributed by atoms with Crippen molar-refractivity contribution in [3.05, 3.63) is 75.2 Å². The van der Waals surface area contributed by atoms with E-state index in [4.69, 9.17) is 9.15 Å². The highest BCUT2D eigenvalue weighted by atomic mass is 16.5. The quantitative estimate of drug-likeness (QED) is 0.389. The lowest BCUT2D eigenvalue weighted by Crippen LogP contribution is -2.33. The van der Waals surface area contributed by atoms with Gasteiger partial charge in [-0.1, -0.05) is 6.92 Å². The van der Waals surface area contributed by atoms with Crippen molar-refractivity contribution in [3.8, 4) is 0 Å². The number of nitrogens with one attached hydrogen (secondary N) is 1. The SMILES string of the molecule is CCC(c1nnnn1CC1CCCO1)N(Cc1ccco1)Cc1cc2cc(C)c(C)cc2[nH]c1=O. The number of benzene rings is 1. The average Bonchev–Trinajstić information content (AvgIpc) is 3.61. The van der Waals surface area contributed by atoms with Gasteiger partial charge >= 0.3 is 0 Å². The van der Waals surface area contributed by atoms with Crippen molar-refractivity contribution in [2.45, 2.75) is 71.8 Å². The molecule has 1 aliphatic heterocycles. The first kappa shape index (κ1) is 23.4. The van der Waals surface area contributed by atoms with Crippen LogP contribution in [-0.2, 0) is 24.4 Å². The number of furan rings is 1. The lowest BCUT2D eigenvalue weighted by atomic mass is 10.0. The molecular weight excluding hydrogens is 444 g/mol. The molecule has 3 aromatic heterocycles. The monoisotopic (exact) mass is 476 g/mol. The summed E-state index contributed by atoms with van der Waals surface area (Å²) >= 11 is 0. The van der Waals surface area contributed by atoms with Crippen LogP contribution in [0.15, 0.2) is 45.8 Å². The van der Waals surface area contributed by atoms with Crippen LogP contribution in [0.2, 0.25) is 0 Å². The van der Waals surface area contributed by atoms with Gasteiger partial charge in [-0.05, 0) is 90.4 Å². The Morgan fingerprint density at radius 1 is 1.23 bits per heavy atom. The molecule has 9 nitrogen and oxygen atoms in total. The summed E-state index contributed by atoms with van der Waals surface area (Å²) in [5, 5.41) is 13.7. The van der Waals surface area contributed by atoms with Gasteiger partial charge in [-0.2, -0.15) is 0 Å². The van der Waals surface area contributed by atoms with Gasteiger partial charge in [-0.15, -0.1) is 5.10 Å². The number of nitrogens with zero attached hydrogens (tertiary/aromatic N) is 5. The zero-order valence-corrected chi connectivity index (χ0v) is 20.5. The number of tetrazole rings is 1. The predicted molar refractivity (Wildman–Crippen MR) is 132 cm³/mol. The lowest BCUT2D eigenvalue weighted by molar-refractivity contribution is 0.0882. The van der Waals surface area contributed by atoms with Crippen LogP contribution < -0.4 is 5.56 Å². The summed E-state index contributed by atoms with van der Waals surface area (Å²) in [7, 11) is 0. The average molecular weight is 477 g/mol. The Kier molecular flexibility index (Phi) is 6.79. The van der Waals surface area contributed by atoms with Crippen molar-refractivity contribution in [1.82, 2.24) is 30.1 Å². The van der Waals surface area contributed by atoms with E-state index in [1.807, 2.05) is 28.9 Å². The van der Waals surface area contributed by atoms with Gasteiger partial charge < -0.3 is 14.1 Å². The van der Waals surface area contributed by atoms with Gasteiger partial charge in [-0.3, -0.25) is 9.69 Å². The van der Waals surface area contributed by atoms with E-state index in [2.05, 4.69) is 52.2 Å². The first-order chi connectivity index (χ1) is 17.0. The molecule has 1 aromatic carbocycles. The molecule has 184 valence electrons. The summed E-state index contributed by atoms with van der Waals surface area (Å²) in [6.07, 6.45) is 4.65. The molecular formula is C26H32N6O3. The molecule has 4 heterocycles. The fourth-order valence-electron chi connectivity index (χ4n) is 4.90. The van der Waals surface area contributed by atoms with E-state index in [1.165, 1.54) is 5.56 Å². The van der Waals surface area contributed by atoms with E-state index in [0.717, 1.165) is 53.9 Å². The smallest absolute Gasteiger partial charge is 0.252 e. The predicted octanol–water partition coefficient (Wildman–Crippen LogP) is 4.06. The number of pyridine rings is 1. The molecule has 1 fully saturated rings. The summed E-state index contributed by atoms with van der Waals surface area (Å²) in [6.45, 7) is 8.63. The van der Waals surface area contributed by atoms with Gasteiger partial charge in [0.1, 0.15) is 5.76 Å². The number of hydrogen-bond acceptors (Lipinski definition) is 7. The third-order valence-electron chi connectivity index (χ3n) is 6.93. The molecule has 35 heavy (non-hydrogen) atoms. The van der Waals surface area contributed by atoms with Crippen LogP contribution in [0.4, 0.5) is 0 Å². The molecule has 5 rings (SSSR count). The van der Waals surface area contributed by atoms with Gasteiger partial charge in [0.15, 0.2) is 5.82 Å². The first-order valence-corrected chi connectivity index (χ1v) is 12.3. The zero-order chi connectivity index (χ0) is 24.4. The Labute approximate surface area is 204 Å². The summed E-state index contributed by atoms with van der Waals surface area (Å²) in [6, 6.07) is 9.88. The Balaban J connectivity index is 1.49. The van der Waals surface area contributed by atoms with Crippen molar-refractivity contribution in [3.63, 3.8) is 0 Å². The summed E-state index contributed by atoms with van der Waals surface area (Å²) in [4.78, 5) is 18.4. The highest BCUT2D eigenvalue weighted by Gasteiger charge is 2.28. The fraction of sp³-hybridized carbons (Fsp3) is 0.462. The number of hydrogen-bond donors (Lipinski definition) is 1. The molecule has 0 bridgehead atoms. The van der Waals surface area contributed by atoms with Crippen molar-refractivity contribution >= 4 is 10.9 Å². The summed E-state index contributed by atoms with van der Waals surface area (Å²) < 4.78 is 13.4. The van der Waals surface area contributed by atoms with Gasteiger partial charge in [-0.25, -0.2) is 4.68 Å². The minimum absolute atomic E-state index is 0.0843. The topological polar surface area (TPSA) is 102 Å². The molecule has 4 aromatic rings. The minimum Gasteiger partial charge on any atom is -0.468 e. The van der Waals surface area contributed by atoms with Crippen LogP contribution in [0.3, 0.4) is 0 Å². The van der Waals surface area contributed by atoms with E-state index in [-0.39, 0.29) is 17.7 Å². The van der Waals surface area contributed by atoms with Crippen LogP contribution in [-0.4, -0.2) is 42.8 Å². The molecule has 0 saturated carbocycles. The molecule has 2 unspecified atom stereocenters. The van der Waals surface area contributed by atoms with Crippen LogP contribution in [0.1, 0.15) is 60.5 Å². The van der Waals surface area contributed by atoms with E-state index in [0.29, 0.717) is 25.2 Å². The second kappa shape index (κ2) is 10.1. The van der Waals surface area contributed by atoms with Crippen molar-refractivity contribution in [1.29, 1.82) is 0 Å². The van der Waals surface area contributed by atoms with Gasteiger partial charge in [0.2, 0.25) is 0 Å². The van der Waals surface area contributed by atoms with Crippen molar-refractivity contribution in [2.75, 3.05) is 6.61 Å². The number of fused-ring (bicyclic) bond motifs is 1. The normalized spacial score (nSPS) is 17.0. The van der Waals surface area contributed by atoms with E-state index < -0.39 is 0 Å². The lowest BCUT2D eigenvalue weighted by Gasteiger charge is -2.29. The van der Waals surface area contributed by atoms with Gasteiger partial charge in [0.05, 0.1) is 31.5 Å². The standard InChI is InChI=1S/C26H32N6O3/c1-4-24(25-28-29-30-32(25)16-22-8-6-10-35-22)31(15-21-7-5-9-34-21)14-20-13-19-11-17(2)18(3)12-23(19)27-26(20)33/h5,7,9,11-13,22,24H,4,6,8,10,14-16H2,1-3H3,(H,27,33). The first-order valence-electron chi connectivity index (χ1n) is 12.3. The molecule has 0 amide bonds. The van der Waals surface area contributed by atoms with Crippen molar-refractivity contribution in [2.24, 2.45) is 0 Å². The summed E-state index contributed by atoms with van der Waals surface area (Å²) in [5.41, 5.74) is 3.82. The molecule has 2 atom stereocenters. The largest absolute Gasteiger partial charge is 0.468 e. The van der Waals surface area contributed by atoms with Crippen molar-refractivity contribution < 1.29 is 9.15 Å². The Bertz CT molecular complexity index is 1340. The Hall–Kier alpha value is -3.30. The molecule has 9 heteroatoms. The number of rotatable bonds is 9. The molecule has 1 N–H and O–H groups in total. The third-order valence-corrected chi connectivity index (χ3v) is 6.93. The second-order valence-corrected chi connectivity index (χ2v) is 9.41. The van der Waals surface area contributed by atoms with Crippen LogP contribution in [0.25, 0.3) is 10.9 Å². The third kappa shape index (κ3) is 5.06. The number of H-pyrrole nitrogens is 1. The maximum absolute atomic E-state index is 13.1. The maximum Gasteiger partial charge on any atom is 0.252 e. The maximum atomic E-state index is 13.1. The Morgan fingerprint density at radius 2 is 2.09 bits per heavy atom. The number of aromatic amines is 1. The molecule has 1 aliphatic rings. The second-order valence-electron chi connectivity index (χ2n) is 9.41. The van der Waals surface area contributed by atoms with Crippen LogP contribution in [0.5, 0.6) is 0 Å². The van der Waals surface area contributed by atoms with Gasteiger partial charge in [0.25, 0.3) is 5.56 Å². The van der Waals surface area contributed by atoms with E-state index in [1.54, 1.807) is 6.26 Å². The van der Waals surface area contributed by atoms with Crippen LogP contribution >= 0.6 is 0 Å². The minimum atomic E-state index is -0.105. The number of aryl methyl sites for hydroxylation is 2.